The topological polar surface area (TPSA) is 83.1 Å². The molecule has 0 saturated heterocycles. The summed E-state index contributed by atoms with van der Waals surface area (Å²) in [5, 5.41) is 13.0. The molecule has 2 saturated carbocycles. The average Bonchev–Trinajstić information content (AvgIpc) is 3.38. The molecule has 0 unspecified atom stereocenters. The van der Waals surface area contributed by atoms with Gasteiger partial charge in [0.15, 0.2) is 5.13 Å². The van der Waals surface area contributed by atoms with Gasteiger partial charge in [-0.1, -0.05) is 73.4 Å². The van der Waals surface area contributed by atoms with E-state index < -0.39 is 0 Å². The van der Waals surface area contributed by atoms with Gasteiger partial charge in [0.25, 0.3) is 0 Å². The van der Waals surface area contributed by atoms with Crippen molar-refractivity contribution in [2.45, 2.75) is 70.4 Å². The minimum Gasteiger partial charge on any atom is -0.326 e. The molecular weight excluding hydrogens is 504 g/mol. The summed E-state index contributed by atoms with van der Waals surface area (Å²) in [6.45, 7) is 0.811. The van der Waals surface area contributed by atoms with Crippen LogP contribution in [-0.2, 0) is 16.1 Å². The molecule has 2 atom stereocenters. The predicted octanol–water partition coefficient (Wildman–Crippen LogP) is 7.26. The Morgan fingerprint density at radius 3 is 2.46 bits per heavy atom. The van der Waals surface area contributed by atoms with Crippen molar-refractivity contribution in [3.8, 4) is 0 Å². The van der Waals surface area contributed by atoms with Crippen LogP contribution in [0, 0.1) is 11.8 Å². The first kappa shape index (κ1) is 26.0. The molecule has 2 aliphatic carbocycles. The predicted molar refractivity (Wildman–Crippen MR) is 160 cm³/mol. The number of aromatic nitrogens is 1. The highest BCUT2D eigenvalue weighted by Gasteiger charge is 2.27. The summed E-state index contributed by atoms with van der Waals surface area (Å²) < 4.78 is 0.963. The third-order valence-corrected chi connectivity index (χ3v) is 9.25. The van der Waals surface area contributed by atoms with Crippen molar-refractivity contribution in [3.63, 3.8) is 0 Å². The van der Waals surface area contributed by atoms with Crippen LogP contribution in [0.25, 0.3) is 21.0 Å². The second kappa shape index (κ2) is 11.8. The fraction of sp³-hybridized carbons (Fsp3) is 0.406. The van der Waals surface area contributed by atoms with Gasteiger partial charge in [-0.25, -0.2) is 4.98 Å². The Morgan fingerprint density at radius 1 is 0.795 bits per heavy atom. The lowest BCUT2D eigenvalue weighted by Gasteiger charge is -2.29. The highest BCUT2D eigenvalue weighted by molar-refractivity contribution is 7.22. The molecule has 2 amide bonds. The molecule has 3 aromatic carbocycles. The standard InChI is InChI=1S/C32H36N4O2S/c37-30(23-8-2-1-3-9-23)36-32-35-28-16-15-27(19-29(28)39-32)34-31(38)25-11-6-12-26(18-25)33-20-21-13-14-22-7-4-5-10-24(22)17-21/h4-5,7,10,13-17,19,23,25-26,33H,1-3,6,8-9,11-12,18,20H2,(H,34,38)(H,35,36,37)/t25-,26-/m1/s1. The van der Waals surface area contributed by atoms with Crippen LogP contribution < -0.4 is 16.0 Å². The lowest BCUT2D eigenvalue weighted by molar-refractivity contribution is -0.121. The molecule has 0 aliphatic heterocycles. The molecule has 4 aromatic rings. The zero-order valence-electron chi connectivity index (χ0n) is 22.2. The van der Waals surface area contributed by atoms with Crippen molar-refractivity contribution in [1.82, 2.24) is 10.3 Å². The summed E-state index contributed by atoms with van der Waals surface area (Å²) in [6.07, 6.45) is 9.32. The van der Waals surface area contributed by atoms with Gasteiger partial charge in [-0.05, 0) is 72.7 Å². The first-order valence-corrected chi connectivity index (χ1v) is 15.2. The van der Waals surface area contributed by atoms with Crippen LogP contribution in [0.1, 0.15) is 63.4 Å². The van der Waals surface area contributed by atoms with E-state index in [-0.39, 0.29) is 23.7 Å². The van der Waals surface area contributed by atoms with E-state index in [0.717, 1.165) is 73.8 Å². The number of fused-ring (bicyclic) bond motifs is 2. The molecular formula is C32H36N4O2S. The van der Waals surface area contributed by atoms with Crippen molar-refractivity contribution in [3.05, 3.63) is 66.2 Å². The molecule has 7 heteroatoms. The van der Waals surface area contributed by atoms with E-state index in [2.05, 4.69) is 63.4 Å². The molecule has 1 aromatic heterocycles. The van der Waals surface area contributed by atoms with Gasteiger partial charge >= 0.3 is 0 Å². The first-order valence-electron chi connectivity index (χ1n) is 14.3. The third-order valence-electron chi connectivity index (χ3n) is 8.32. The van der Waals surface area contributed by atoms with Crippen LogP contribution in [0.15, 0.2) is 60.7 Å². The van der Waals surface area contributed by atoms with Crippen molar-refractivity contribution in [1.29, 1.82) is 0 Å². The minimum absolute atomic E-state index is 0.00430. The smallest absolute Gasteiger partial charge is 0.229 e. The Hall–Kier alpha value is -3.29. The van der Waals surface area contributed by atoms with E-state index in [4.69, 9.17) is 0 Å². The number of hydrogen-bond donors (Lipinski definition) is 3. The molecule has 0 radical (unpaired) electrons. The quantitative estimate of drug-likeness (QED) is 0.230. The number of nitrogens with one attached hydrogen (secondary N) is 3. The summed E-state index contributed by atoms with van der Waals surface area (Å²) >= 11 is 1.47. The van der Waals surface area contributed by atoms with Crippen LogP contribution in [0.3, 0.4) is 0 Å². The number of nitrogens with zero attached hydrogens (tertiary/aromatic N) is 1. The van der Waals surface area contributed by atoms with Gasteiger partial charge < -0.3 is 16.0 Å². The number of rotatable bonds is 7. The Bertz CT molecular complexity index is 1480. The summed E-state index contributed by atoms with van der Waals surface area (Å²) in [6, 6.07) is 21.2. The number of carbonyl (C=O) groups is 2. The molecule has 2 aliphatic rings. The summed E-state index contributed by atoms with van der Waals surface area (Å²) in [5.74, 6) is 0.266. The van der Waals surface area contributed by atoms with Gasteiger partial charge in [0.2, 0.25) is 11.8 Å². The Labute approximate surface area is 233 Å². The lowest BCUT2D eigenvalue weighted by atomic mass is 9.85. The van der Waals surface area contributed by atoms with E-state index in [0.29, 0.717) is 11.2 Å². The monoisotopic (exact) mass is 540 g/mol. The van der Waals surface area contributed by atoms with Gasteiger partial charge in [-0.15, -0.1) is 0 Å². The Kier molecular flexibility index (Phi) is 7.88. The lowest BCUT2D eigenvalue weighted by Crippen LogP contribution is -2.37. The van der Waals surface area contributed by atoms with Crippen LogP contribution in [-0.4, -0.2) is 22.8 Å². The first-order chi connectivity index (χ1) is 19.1. The third kappa shape index (κ3) is 6.31. The Balaban J connectivity index is 1.03. The minimum atomic E-state index is -0.00430. The Morgan fingerprint density at radius 2 is 1.59 bits per heavy atom. The fourth-order valence-corrected chi connectivity index (χ4v) is 7.00. The number of amides is 2. The molecule has 2 fully saturated rings. The highest BCUT2D eigenvalue weighted by Crippen LogP contribution is 2.32. The maximum absolute atomic E-state index is 13.2. The van der Waals surface area contributed by atoms with E-state index in [1.807, 2.05) is 18.2 Å². The maximum Gasteiger partial charge on any atom is 0.229 e. The van der Waals surface area contributed by atoms with Gasteiger partial charge in [0, 0.05) is 30.1 Å². The van der Waals surface area contributed by atoms with Gasteiger partial charge in [-0.3, -0.25) is 9.59 Å². The number of benzene rings is 3. The second-order valence-corrected chi connectivity index (χ2v) is 12.2. The fourth-order valence-electron chi connectivity index (χ4n) is 6.10. The molecule has 3 N–H and O–H groups in total. The highest BCUT2D eigenvalue weighted by atomic mass is 32.1. The second-order valence-electron chi connectivity index (χ2n) is 11.1. The molecule has 6 rings (SSSR count). The summed E-state index contributed by atoms with van der Waals surface area (Å²) in [4.78, 5) is 30.4. The van der Waals surface area contributed by atoms with Gasteiger partial charge in [0.05, 0.1) is 10.2 Å². The number of carbonyl (C=O) groups excluding carboxylic acids is 2. The van der Waals surface area contributed by atoms with Gasteiger partial charge in [0.1, 0.15) is 0 Å². The van der Waals surface area contributed by atoms with Crippen molar-refractivity contribution < 1.29 is 9.59 Å². The summed E-state index contributed by atoms with van der Waals surface area (Å²) in [7, 11) is 0. The molecule has 0 spiro atoms. The van der Waals surface area contributed by atoms with E-state index >= 15 is 0 Å². The molecule has 0 bridgehead atoms. The van der Waals surface area contributed by atoms with E-state index in [9.17, 15) is 9.59 Å². The maximum atomic E-state index is 13.2. The average molecular weight is 541 g/mol. The number of thiazole rings is 1. The van der Waals surface area contributed by atoms with Crippen LogP contribution in [0.5, 0.6) is 0 Å². The summed E-state index contributed by atoms with van der Waals surface area (Å²) in [5.41, 5.74) is 2.90. The zero-order chi connectivity index (χ0) is 26.6. The normalized spacial score (nSPS) is 20.2. The largest absolute Gasteiger partial charge is 0.326 e. The molecule has 6 nitrogen and oxygen atoms in total. The van der Waals surface area contributed by atoms with Gasteiger partial charge in [-0.2, -0.15) is 0 Å². The SMILES string of the molecule is O=C(Nc1nc2ccc(NC(=O)[C@@H]3CCC[C@@H](NCc4ccc5ccccc5c4)C3)cc2s1)C1CCCCC1. The van der Waals surface area contributed by atoms with Crippen molar-refractivity contribution in [2.24, 2.45) is 11.8 Å². The number of hydrogen-bond acceptors (Lipinski definition) is 5. The van der Waals surface area contributed by atoms with E-state index in [1.54, 1.807) is 0 Å². The van der Waals surface area contributed by atoms with Crippen molar-refractivity contribution in [2.75, 3.05) is 10.6 Å². The molecule has 1 heterocycles. The number of anilines is 2. The van der Waals surface area contributed by atoms with Crippen LogP contribution in [0.2, 0.25) is 0 Å². The molecule has 202 valence electrons. The molecule has 39 heavy (non-hydrogen) atoms. The van der Waals surface area contributed by atoms with Crippen LogP contribution >= 0.6 is 11.3 Å². The van der Waals surface area contributed by atoms with Crippen molar-refractivity contribution >= 4 is 55.0 Å². The van der Waals surface area contributed by atoms with E-state index in [1.165, 1.54) is 34.1 Å². The van der Waals surface area contributed by atoms with Crippen LogP contribution in [0.4, 0.5) is 10.8 Å². The zero-order valence-corrected chi connectivity index (χ0v) is 23.1.